The van der Waals surface area contributed by atoms with Crippen molar-refractivity contribution in [2.45, 2.75) is 32.6 Å². The van der Waals surface area contributed by atoms with Crippen LogP contribution in [0.3, 0.4) is 0 Å². The summed E-state index contributed by atoms with van der Waals surface area (Å²) in [5.74, 6) is 0.481. The van der Waals surface area contributed by atoms with Crippen molar-refractivity contribution in [3.05, 3.63) is 36.5 Å². The van der Waals surface area contributed by atoms with E-state index in [-0.39, 0.29) is 11.8 Å². The zero-order chi connectivity index (χ0) is 16.9. The zero-order valence-corrected chi connectivity index (χ0v) is 13.7. The molecular formula is C17H21N5O2. The fourth-order valence-electron chi connectivity index (χ4n) is 2.81. The predicted octanol–water partition coefficient (Wildman–Crippen LogP) is 2.24. The van der Waals surface area contributed by atoms with Crippen LogP contribution in [0.5, 0.6) is 0 Å². The van der Waals surface area contributed by atoms with Crippen molar-refractivity contribution in [1.29, 1.82) is 0 Å². The summed E-state index contributed by atoms with van der Waals surface area (Å²) >= 11 is 0. The van der Waals surface area contributed by atoms with Crippen molar-refractivity contribution in [3.8, 4) is 5.82 Å². The normalized spacial score (nSPS) is 15.0. The van der Waals surface area contributed by atoms with E-state index in [2.05, 4.69) is 15.3 Å². The Bertz CT molecular complexity index is 715. The van der Waals surface area contributed by atoms with E-state index in [1.165, 1.54) is 19.8 Å². The molecule has 1 aliphatic heterocycles. The molecule has 2 aromatic rings. The monoisotopic (exact) mass is 327 g/mol. The first-order valence-corrected chi connectivity index (χ1v) is 8.21. The molecule has 126 valence electrons. The van der Waals surface area contributed by atoms with E-state index >= 15 is 0 Å². The molecule has 2 amide bonds. The maximum absolute atomic E-state index is 12.6. The molecule has 0 aliphatic carbocycles. The van der Waals surface area contributed by atoms with Crippen LogP contribution >= 0.6 is 0 Å². The van der Waals surface area contributed by atoms with E-state index in [9.17, 15) is 9.59 Å². The van der Waals surface area contributed by atoms with Gasteiger partial charge in [-0.3, -0.25) is 14.2 Å². The molecule has 0 bridgehead atoms. The number of carbonyl (C=O) groups excluding carboxylic acids is 2. The summed E-state index contributed by atoms with van der Waals surface area (Å²) < 4.78 is 1.71. The van der Waals surface area contributed by atoms with Crippen molar-refractivity contribution < 1.29 is 9.59 Å². The van der Waals surface area contributed by atoms with Crippen molar-refractivity contribution in [2.24, 2.45) is 0 Å². The summed E-state index contributed by atoms with van der Waals surface area (Å²) in [5, 5.41) is 2.67. The van der Waals surface area contributed by atoms with Gasteiger partial charge in [-0.25, -0.2) is 9.97 Å². The molecule has 24 heavy (non-hydrogen) atoms. The second kappa shape index (κ2) is 7.25. The van der Waals surface area contributed by atoms with Gasteiger partial charge < -0.3 is 10.2 Å². The third-order valence-corrected chi connectivity index (χ3v) is 4.03. The van der Waals surface area contributed by atoms with E-state index in [1.807, 2.05) is 4.90 Å². The third-order valence-electron chi connectivity index (χ3n) is 4.03. The first-order valence-electron chi connectivity index (χ1n) is 8.21. The Hall–Kier alpha value is -2.70. The van der Waals surface area contributed by atoms with Crippen molar-refractivity contribution in [1.82, 2.24) is 19.4 Å². The Morgan fingerprint density at radius 1 is 1.08 bits per heavy atom. The lowest BCUT2D eigenvalue weighted by molar-refractivity contribution is -0.114. The number of hydrogen-bond donors (Lipinski definition) is 1. The number of nitrogens with one attached hydrogen (secondary N) is 1. The number of carbonyl (C=O) groups is 2. The molecule has 1 saturated heterocycles. The SMILES string of the molecule is CC(=O)Nc1ccc(-n2cnc(C(=O)N3CCCCCC3)c2)nc1. The van der Waals surface area contributed by atoms with Crippen LogP contribution in [-0.4, -0.2) is 44.3 Å². The molecule has 2 aromatic heterocycles. The number of rotatable bonds is 3. The van der Waals surface area contributed by atoms with E-state index in [0.29, 0.717) is 17.2 Å². The second-order valence-electron chi connectivity index (χ2n) is 5.96. The Labute approximate surface area is 140 Å². The Balaban J connectivity index is 1.72. The number of anilines is 1. The molecule has 0 saturated carbocycles. The van der Waals surface area contributed by atoms with Crippen molar-refractivity contribution in [2.75, 3.05) is 18.4 Å². The summed E-state index contributed by atoms with van der Waals surface area (Å²) in [7, 11) is 0. The lowest BCUT2D eigenvalue weighted by atomic mass is 10.2. The average Bonchev–Trinajstić information content (AvgIpc) is 2.90. The minimum Gasteiger partial charge on any atom is -0.337 e. The molecule has 0 atom stereocenters. The maximum atomic E-state index is 12.6. The van der Waals surface area contributed by atoms with Crippen LogP contribution < -0.4 is 5.32 Å². The minimum atomic E-state index is -0.141. The summed E-state index contributed by atoms with van der Waals surface area (Å²) in [6.45, 7) is 3.05. The molecule has 0 radical (unpaired) electrons. The van der Waals surface area contributed by atoms with Crippen LogP contribution in [0.15, 0.2) is 30.9 Å². The van der Waals surface area contributed by atoms with E-state index < -0.39 is 0 Å². The van der Waals surface area contributed by atoms with E-state index in [0.717, 1.165) is 25.9 Å². The largest absolute Gasteiger partial charge is 0.337 e. The van der Waals surface area contributed by atoms with Crippen LogP contribution in [0.25, 0.3) is 5.82 Å². The van der Waals surface area contributed by atoms with E-state index in [4.69, 9.17) is 0 Å². The van der Waals surface area contributed by atoms with Gasteiger partial charge in [0.1, 0.15) is 17.8 Å². The predicted molar refractivity (Wildman–Crippen MR) is 90.0 cm³/mol. The molecule has 7 heteroatoms. The van der Waals surface area contributed by atoms with Crippen molar-refractivity contribution >= 4 is 17.5 Å². The van der Waals surface area contributed by atoms with Gasteiger partial charge in [0.05, 0.1) is 11.9 Å². The molecule has 1 fully saturated rings. The molecule has 3 heterocycles. The molecule has 1 N–H and O–H groups in total. The van der Waals surface area contributed by atoms with Crippen molar-refractivity contribution in [3.63, 3.8) is 0 Å². The summed E-state index contributed by atoms with van der Waals surface area (Å²) in [6.07, 6.45) is 9.34. The van der Waals surface area contributed by atoms with Gasteiger partial charge >= 0.3 is 0 Å². The Morgan fingerprint density at radius 2 is 1.83 bits per heavy atom. The number of amides is 2. The van der Waals surface area contributed by atoms with Gasteiger partial charge in [0.15, 0.2) is 0 Å². The third kappa shape index (κ3) is 3.79. The molecule has 0 aromatic carbocycles. The van der Waals surface area contributed by atoms with Gasteiger partial charge in [-0.15, -0.1) is 0 Å². The zero-order valence-electron chi connectivity index (χ0n) is 13.7. The van der Waals surface area contributed by atoms with Crippen LogP contribution in [0.1, 0.15) is 43.1 Å². The molecule has 7 nitrogen and oxygen atoms in total. The highest BCUT2D eigenvalue weighted by Gasteiger charge is 2.19. The molecule has 3 rings (SSSR count). The van der Waals surface area contributed by atoms with Crippen LogP contribution in [0, 0.1) is 0 Å². The van der Waals surface area contributed by atoms with Crippen LogP contribution in [-0.2, 0) is 4.79 Å². The Kier molecular flexibility index (Phi) is 4.88. The summed E-state index contributed by atoms with van der Waals surface area (Å²) in [5.41, 5.74) is 1.07. The first-order chi connectivity index (χ1) is 11.6. The highest BCUT2D eigenvalue weighted by molar-refractivity contribution is 5.92. The number of likely N-dealkylation sites (tertiary alicyclic amines) is 1. The number of nitrogens with zero attached hydrogens (tertiary/aromatic N) is 4. The fraction of sp³-hybridized carbons (Fsp3) is 0.412. The lowest BCUT2D eigenvalue weighted by Crippen LogP contribution is -2.32. The number of aromatic nitrogens is 3. The standard InChI is InChI=1S/C17H21N5O2/c1-13(23)20-14-6-7-16(18-10-14)22-11-15(19-12-22)17(24)21-8-4-2-3-5-9-21/h6-7,10-12H,2-5,8-9H2,1H3,(H,20,23). The highest BCUT2D eigenvalue weighted by atomic mass is 16.2. The molecule has 0 unspecified atom stereocenters. The smallest absolute Gasteiger partial charge is 0.274 e. The average molecular weight is 327 g/mol. The van der Waals surface area contributed by atoms with Crippen LogP contribution in [0.2, 0.25) is 0 Å². The van der Waals surface area contributed by atoms with Gasteiger partial charge in [-0.2, -0.15) is 0 Å². The second-order valence-corrected chi connectivity index (χ2v) is 5.96. The van der Waals surface area contributed by atoms with E-state index in [1.54, 1.807) is 35.4 Å². The topological polar surface area (TPSA) is 80.1 Å². The van der Waals surface area contributed by atoms with Gasteiger partial charge in [0.25, 0.3) is 5.91 Å². The van der Waals surface area contributed by atoms with Gasteiger partial charge in [-0.1, -0.05) is 12.8 Å². The molecule has 0 spiro atoms. The van der Waals surface area contributed by atoms with Gasteiger partial charge in [0, 0.05) is 26.2 Å². The lowest BCUT2D eigenvalue weighted by Gasteiger charge is -2.18. The summed E-state index contributed by atoms with van der Waals surface area (Å²) in [4.78, 5) is 34.0. The fourth-order valence-corrected chi connectivity index (χ4v) is 2.81. The maximum Gasteiger partial charge on any atom is 0.274 e. The number of hydrogen-bond acceptors (Lipinski definition) is 4. The van der Waals surface area contributed by atoms with Crippen LogP contribution in [0.4, 0.5) is 5.69 Å². The number of pyridine rings is 1. The minimum absolute atomic E-state index is 0.0227. The summed E-state index contributed by atoms with van der Waals surface area (Å²) in [6, 6.07) is 3.53. The molecule has 1 aliphatic rings. The quantitative estimate of drug-likeness (QED) is 0.937. The first kappa shape index (κ1) is 16.2. The molecular weight excluding hydrogens is 306 g/mol. The van der Waals surface area contributed by atoms with Gasteiger partial charge in [0.2, 0.25) is 5.91 Å². The number of imidazole rings is 1. The highest BCUT2D eigenvalue weighted by Crippen LogP contribution is 2.14. The van der Waals surface area contributed by atoms with Gasteiger partial charge in [-0.05, 0) is 25.0 Å². The Morgan fingerprint density at radius 3 is 2.46 bits per heavy atom.